The predicted molar refractivity (Wildman–Crippen MR) is 75.0 cm³/mol. The summed E-state index contributed by atoms with van der Waals surface area (Å²) in [6, 6.07) is 4.66. The van der Waals surface area contributed by atoms with E-state index in [1.54, 1.807) is 0 Å². The minimum atomic E-state index is -4.35. The number of carbonyl (C=O) groups is 1. The number of hydrogen-bond donors (Lipinski definition) is 1. The summed E-state index contributed by atoms with van der Waals surface area (Å²) in [5.74, 6) is -0.172. The van der Waals surface area contributed by atoms with Crippen LogP contribution >= 0.6 is 0 Å². The molecule has 0 spiro atoms. The second kappa shape index (κ2) is 6.47. The number of nitrogens with zero attached hydrogens (tertiary/aromatic N) is 1. The summed E-state index contributed by atoms with van der Waals surface area (Å²) in [4.78, 5) is 14.2. The van der Waals surface area contributed by atoms with E-state index in [1.807, 2.05) is 6.92 Å². The van der Waals surface area contributed by atoms with E-state index in [0.717, 1.165) is 38.1 Å². The largest absolute Gasteiger partial charge is 0.416 e. The van der Waals surface area contributed by atoms with Crippen LogP contribution in [0.25, 0.3) is 0 Å². The van der Waals surface area contributed by atoms with Gasteiger partial charge in [-0.15, -0.1) is 0 Å². The number of hydrogen-bond acceptors (Lipinski definition) is 2. The number of nitrogens with one attached hydrogen (secondary N) is 1. The molecule has 1 aliphatic heterocycles. The van der Waals surface area contributed by atoms with Gasteiger partial charge in [-0.1, -0.05) is 0 Å². The number of amides is 1. The first-order valence-electron chi connectivity index (χ1n) is 7.07. The summed E-state index contributed by atoms with van der Waals surface area (Å²) in [6.45, 7) is 4.01. The van der Waals surface area contributed by atoms with E-state index >= 15 is 0 Å². The van der Waals surface area contributed by atoms with Gasteiger partial charge in [0, 0.05) is 18.2 Å². The zero-order chi connectivity index (χ0) is 15.5. The third-order valence-electron chi connectivity index (χ3n) is 3.74. The van der Waals surface area contributed by atoms with Crippen molar-refractivity contribution in [3.05, 3.63) is 29.8 Å². The minimum Gasteiger partial charge on any atom is -0.326 e. The van der Waals surface area contributed by atoms with E-state index in [2.05, 4.69) is 10.2 Å². The van der Waals surface area contributed by atoms with Crippen molar-refractivity contribution in [1.29, 1.82) is 0 Å². The average molecular weight is 300 g/mol. The Balaban J connectivity index is 1.87. The second-order valence-electron chi connectivity index (χ2n) is 5.42. The van der Waals surface area contributed by atoms with Gasteiger partial charge >= 0.3 is 6.18 Å². The molecule has 1 aliphatic rings. The smallest absolute Gasteiger partial charge is 0.326 e. The van der Waals surface area contributed by atoms with E-state index in [-0.39, 0.29) is 11.9 Å². The molecule has 3 nitrogen and oxygen atoms in total. The van der Waals surface area contributed by atoms with E-state index in [9.17, 15) is 18.0 Å². The predicted octanol–water partition coefficient (Wildman–Crippen LogP) is 3.52. The van der Waals surface area contributed by atoms with Gasteiger partial charge in [0.25, 0.3) is 0 Å². The van der Waals surface area contributed by atoms with Crippen LogP contribution in [0.2, 0.25) is 0 Å². The highest BCUT2D eigenvalue weighted by Crippen LogP contribution is 2.29. The highest BCUT2D eigenvalue weighted by atomic mass is 19.4. The fraction of sp³-hybridized carbons (Fsp3) is 0.533. The van der Waals surface area contributed by atoms with Crippen LogP contribution in [0.1, 0.15) is 31.7 Å². The molecule has 1 amide bonds. The quantitative estimate of drug-likeness (QED) is 0.922. The van der Waals surface area contributed by atoms with Crippen molar-refractivity contribution in [1.82, 2.24) is 4.90 Å². The molecule has 116 valence electrons. The summed E-state index contributed by atoms with van der Waals surface area (Å²) in [7, 11) is 0. The van der Waals surface area contributed by atoms with E-state index in [1.165, 1.54) is 12.1 Å². The summed E-state index contributed by atoms with van der Waals surface area (Å²) in [5, 5.41) is 2.64. The Bertz CT molecular complexity index is 479. The number of carbonyl (C=O) groups excluding carboxylic acids is 1. The zero-order valence-electron chi connectivity index (χ0n) is 11.9. The Morgan fingerprint density at radius 2 is 1.81 bits per heavy atom. The number of anilines is 1. The Morgan fingerprint density at radius 1 is 1.24 bits per heavy atom. The lowest BCUT2D eigenvalue weighted by Gasteiger charge is -2.23. The normalized spacial score (nSPS) is 17.7. The molecular formula is C15H19F3N2O. The lowest BCUT2D eigenvalue weighted by molar-refractivity contribution is -0.137. The van der Waals surface area contributed by atoms with Gasteiger partial charge in [0.15, 0.2) is 0 Å². The van der Waals surface area contributed by atoms with Crippen LogP contribution in [0.15, 0.2) is 24.3 Å². The van der Waals surface area contributed by atoms with Crippen molar-refractivity contribution in [3.63, 3.8) is 0 Å². The molecule has 0 bridgehead atoms. The number of rotatable bonds is 4. The molecule has 21 heavy (non-hydrogen) atoms. The van der Waals surface area contributed by atoms with Crippen LogP contribution in [-0.4, -0.2) is 29.9 Å². The molecule has 1 atom stereocenters. The second-order valence-corrected chi connectivity index (χ2v) is 5.42. The van der Waals surface area contributed by atoms with Gasteiger partial charge in [-0.05, 0) is 57.1 Å². The fourth-order valence-electron chi connectivity index (χ4n) is 2.53. The molecule has 0 aromatic heterocycles. The third-order valence-corrected chi connectivity index (χ3v) is 3.74. The van der Waals surface area contributed by atoms with Crippen LogP contribution in [0, 0.1) is 0 Å². The molecule has 0 saturated carbocycles. The molecule has 2 rings (SSSR count). The van der Waals surface area contributed by atoms with Crippen LogP contribution in [0.5, 0.6) is 0 Å². The number of benzene rings is 1. The average Bonchev–Trinajstić information content (AvgIpc) is 2.92. The molecule has 0 radical (unpaired) electrons. The topological polar surface area (TPSA) is 32.3 Å². The van der Waals surface area contributed by atoms with E-state index < -0.39 is 11.7 Å². The van der Waals surface area contributed by atoms with Crippen molar-refractivity contribution in [2.45, 2.75) is 38.4 Å². The number of likely N-dealkylation sites (tertiary alicyclic amines) is 1. The monoisotopic (exact) mass is 300 g/mol. The fourth-order valence-corrected chi connectivity index (χ4v) is 2.53. The number of alkyl halides is 3. The summed E-state index contributed by atoms with van der Waals surface area (Å²) in [5.41, 5.74) is -0.326. The van der Waals surface area contributed by atoms with Crippen LogP contribution < -0.4 is 5.32 Å². The van der Waals surface area contributed by atoms with Crippen molar-refractivity contribution in [2.75, 3.05) is 18.4 Å². The Hall–Kier alpha value is -1.56. The van der Waals surface area contributed by atoms with E-state index in [4.69, 9.17) is 0 Å². The maximum Gasteiger partial charge on any atom is 0.416 e. The number of halogens is 3. The first-order valence-corrected chi connectivity index (χ1v) is 7.07. The molecule has 1 aromatic rings. The van der Waals surface area contributed by atoms with Gasteiger partial charge in [0.1, 0.15) is 0 Å². The molecule has 6 heteroatoms. The molecule has 1 fully saturated rings. The third kappa shape index (κ3) is 4.46. The SMILES string of the molecule is C[C@H](CC(=O)Nc1ccc(C(F)(F)F)cc1)N1CCCC1. The standard InChI is InChI=1S/C15H19F3N2O/c1-11(20-8-2-3-9-20)10-14(21)19-13-6-4-12(5-7-13)15(16,17)18/h4-7,11H,2-3,8-10H2,1H3,(H,19,21)/t11-/m1/s1. The van der Waals surface area contributed by atoms with Gasteiger partial charge in [-0.25, -0.2) is 0 Å². The van der Waals surface area contributed by atoms with Crippen LogP contribution in [0.4, 0.5) is 18.9 Å². The Kier molecular flexibility index (Phi) is 4.88. The summed E-state index contributed by atoms with van der Waals surface area (Å²) < 4.78 is 37.3. The highest BCUT2D eigenvalue weighted by Gasteiger charge is 2.30. The summed E-state index contributed by atoms with van der Waals surface area (Å²) >= 11 is 0. The van der Waals surface area contributed by atoms with Gasteiger partial charge in [-0.2, -0.15) is 13.2 Å². The molecule has 0 aliphatic carbocycles. The zero-order valence-corrected chi connectivity index (χ0v) is 11.9. The van der Waals surface area contributed by atoms with Crippen molar-refractivity contribution in [2.24, 2.45) is 0 Å². The van der Waals surface area contributed by atoms with Gasteiger partial charge in [-0.3, -0.25) is 4.79 Å². The van der Waals surface area contributed by atoms with E-state index in [0.29, 0.717) is 12.1 Å². The maximum absolute atomic E-state index is 12.4. The van der Waals surface area contributed by atoms with Gasteiger partial charge in [0.05, 0.1) is 5.56 Å². The Labute approximate surface area is 122 Å². The first-order chi connectivity index (χ1) is 9.86. The summed E-state index contributed by atoms with van der Waals surface area (Å²) in [6.07, 6.45) is -1.69. The lowest BCUT2D eigenvalue weighted by atomic mass is 10.1. The molecule has 1 N–H and O–H groups in total. The van der Waals surface area contributed by atoms with Crippen molar-refractivity contribution >= 4 is 11.6 Å². The van der Waals surface area contributed by atoms with Crippen molar-refractivity contribution < 1.29 is 18.0 Å². The van der Waals surface area contributed by atoms with Crippen molar-refractivity contribution in [3.8, 4) is 0 Å². The Morgan fingerprint density at radius 3 is 2.33 bits per heavy atom. The van der Waals surface area contributed by atoms with Crippen LogP contribution in [0.3, 0.4) is 0 Å². The molecule has 1 aromatic carbocycles. The van der Waals surface area contributed by atoms with Gasteiger partial charge in [0.2, 0.25) is 5.91 Å². The minimum absolute atomic E-state index is 0.155. The van der Waals surface area contributed by atoms with Crippen LogP contribution in [-0.2, 0) is 11.0 Å². The maximum atomic E-state index is 12.4. The molecular weight excluding hydrogens is 281 g/mol. The lowest BCUT2D eigenvalue weighted by Crippen LogP contribution is -2.33. The highest BCUT2D eigenvalue weighted by molar-refractivity contribution is 5.91. The molecule has 0 unspecified atom stereocenters. The molecule has 1 heterocycles. The van der Waals surface area contributed by atoms with Gasteiger partial charge < -0.3 is 10.2 Å². The molecule has 1 saturated heterocycles. The first kappa shape index (κ1) is 15.8.